The molecule has 0 fully saturated rings. The van der Waals surface area contributed by atoms with E-state index in [1.807, 2.05) is 13.8 Å². The second-order valence-electron chi connectivity index (χ2n) is 4.98. The SMILES string of the molecule is CC(C)C[C@H](NC(=O)Cc1cccc(Cl)c1Cl)C(=O)O. The van der Waals surface area contributed by atoms with Crippen molar-refractivity contribution in [3.63, 3.8) is 0 Å². The Morgan fingerprint density at radius 1 is 1.30 bits per heavy atom. The van der Waals surface area contributed by atoms with E-state index >= 15 is 0 Å². The van der Waals surface area contributed by atoms with Gasteiger partial charge in [0.15, 0.2) is 0 Å². The van der Waals surface area contributed by atoms with E-state index in [2.05, 4.69) is 5.32 Å². The molecule has 1 amide bonds. The number of carbonyl (C=O) groups is 2. The Labute approximate surface area is 128 Å². The zero-order valence-corrected chi connectivity index (χ0v) is 12.8. The summed E-state index contributed by atoms with van der Waals surface area (Å²) in [4.78, 5) is 23.0. The van der Waals surface area contributed by atoms with E-state index in [0.29, 0.717) is 22.0 Å². The molecule has 0 saturated heterocycles. The zero-order chi connectivity index (χ0) is 15.3. The number of hydrogen-bond donors (Lipinski definition) is 2. The molecule has 0 aliphatic carbocycles. The number of nitrogens with one attached hydrogen (secondary N) is 1. The molecule has 0 saturated carbocycles. The van der Waals surface area contributed by atoms with Gasteiger partial charge in [-0.05, 0) is 24.0 Å². The predicted molar refractivity (Wildman–Crippen MR) is 79.2 cm³/mol. The third kappa shape index (κ3) is 5.02. The highest BCUT2D eigenvalue weighted by atomic mass is 35.5. The maximum Gasteiger partial charge on any atom is 0.326 e. The van der Waals surface area contributed by atoms with Crippen LogP contribution in [0, 0.1) is 5.92 Å². The quantitative estimate of drug-likeness (QED) is 0.847. The summed E-state index contributed by atoms with van der Waals surface area (Å²) in [7, 11) is 0. The van der Waals surface area contributed by atoms with Gasteiger partial charge < -0.3 is 10.4 Å². The molecule has 0 aliphatic heterocycles. The van der Waals surface area contributed by atoms with E-state index in [4.69, 9.17) is 28.3 Å². The summed E-state index contributed by atoms with van der Waals surface area (Å²) in [5, 5.41) is 12.3. The number of aliphatic carboxylic acids is 1. The summed E-state index contributed by atoms with van der Waals surface area (Å²) in [6.45, 7) is 3.80. The lowest BCUT2D eigenvalue weighted by atomic mass is 10.0. The molecule has 0 radical (unpaired) electrons. The van der Waals surface area contributed by atoms with Crippen LogP contribution in [0.5, 0.6) is 0 Å². The number of carboxylic acid groups (broad SMARTS) is 1. The van der Waals surface area contributed by atoms with Gasteiger partial charge in [0.25, 0.3) is 0 Å². The van der Waals surface area contributed by atoms with E-state index < -0.39 is 12.0 Å². The number of halogens is 2. The maximum absolute atomic E-state index is 11.9. The van der Waals surface area contributed by atoms with Gasteiger partial charge in [-0.2, -0.15) is 0 Å². The van der Waals surface area contributed by atoms with Crippen molar-refractivity contribution in [1.29, 1.82) is 0 Å². The van der Waals surface area contributed by atoms with Crippen molar-refractivity contribution in [2.45, 2.75) is 32.7 Å². The van der Waals surface area contributed by atoms with Crippen molar-refractivity contribution in [3.05, 3.63) is 33.8 Å². The fourth-order valence-electron chi connectivity index (χ4n) is 1.80. The molecule has 110 valence electrons. The average Bonchev–Trinajstić information content (AvgIpc) is 2.33. The lowest BCUT2D eigenvalue weighted by Gasteiger charge is -2.16. The highest BCUT2D eigenvalue weighted by Gasteiger charge is 2.21. The van der Waals surface area contributed by atoms with Crippen molar-refractivity contribution in [1.82, 2.24) is 5.32 Å². The van der Waals surface area contributed by atoms with Gasteiger partial charge in [0.2, 0.25) is 5.91 Å². The van der Waals surface area contributed by atoms with Crippen LogP contribution in [0.15, 0.2) is 18.2 Å². The van der Waals surface area contributed by atoms with Crippen LogP contribution in [0.3, 0.4) is 0 Å². The van der Waals surface area contributed by atoms with Gasteiger partial charge in [0.05, 0.1) is 16.5 Å². The van der Waals surface area contributed by atoms with Crippen LogP contribution < -0.4 is 5.32 Å². The van der Waals surface area contributed by atoms with Crippen LogP contribution >= 0.6 is 23.2 Å². The minimum absolute atomic E-state index is 0.00126. The smallest absolute Gasteiger partial charge is 0.326 e. The summed E-state index contributed by atoms with van der Waals surface area (Å²) in [6, 6.07) is 4.12. The first-order valence-corrected chi connectivity index (χ1v) is 7.02. The van der Waals surface area contributed by atoms with Gasteiger partial charge in [-0.1, -0.05) is 49.2 Å². The van der Waals surface area contributed by atoms with Gasteiger partial charge in [0.1, 0.15) is 6.04 Å². The van der Waals surface area contributed by atoms with Gasteiger partial charge in [-0.15, -0.1) is 0 Å². The molecule has 2 N–H and O–H groups in total. The molecule has 1 aromatic carbocycles. The number of hydrogen-bond acceptors (Lipinski definition) is 2. The van der Waals surface area contributed by atoms with E-state index in [9.17, 15) is 9.59 Å². The number of rotatable bonds is 6. The number of amides is 1. The summed E-state index contributed by atoms with van der Waals surface area (Å²) >= 11 is 11.9. The number of benzene rings is 1. The van der Waals surface area contributed by atoms with Crippen LogP contribution in [0.4, 0.5) is 0 Å². The molecule has 4 nitrogen and oxygen atoms in total. The Kier molecular flexibility index (Phi) is 6.30. The van der Waals surface area contributed by atoms with Crippen LogP contribution in [0.25, 0.3) is 0 Å². The van der Waals surface area contributed by atoms with Crippen molar-refractivity contribution in [2.75, 3.05) is 0 Å². The van der Waals surface area contributed by atoms with E-state index in [-0.39, 0.29) is 18.2 Å². The first-order chi connectivity index (χ1) is 9.31. The zero-order valence-electron chi connectivity index (χ0n) is 11.3. The highest BCUT2D eigenvalue weighted by molar-refractivity contribution is 6.42. The van der Waals surface area contributed by atoms with Crippen molar-refractivity contribution >= 4 is 35.1 Å². The summed E-state index contributed by atoms with van der Waals surface area (Å²) < 4.78 is 0. The first kappa shape index (κ1) is 16.8. The van der Waals surface area contributed by atoms with E-state index in [1.165, 1.54) is 0 Å². The van der Waals surface area contributed by atoms with E-state index in [1.54, 1.807) is 18.2 Å². The molecule has 0 bridgehead atoms. The molecule has 20 heavy (non-hydrogen) atoms. The van der Waals surface area contributed by atoms with Crippen LogP contribution in [-0.2, 0) is 16.0 Å². The number of carbonyl (C=O) groups excluding carboxylic acids is 1. The summed E-state index contributed by atoms with van der Waals surface area (Å²) in [5.74, 6) is -1.25. The topological polar surface area (TPSA) is 66.4 Å². The van der Waals surface area contributed by atoms with Gasteiger partial charge in [-0.3, -0.25) is 4.79 Å². The molecule has 1 atom stereocenters. The van der Waals surface area contributed by atoms with Crippen LogP contribution in [-0.4, -0.2) is 23.0 Å². The Hall–Kier alpha value is -1.26. The molecule has 0 spiro atoms. The van der Waals surface area contributed by atoms with Gasteiger partial charge >= 0.3 is 5.97 Å². The molecule has 1 rings (SSSR count). The van der Waals surface area contributed by atoms with Crippen LogP contribution in [0.2, 0.25) is 10.0 Å². The van der Waals surface area contributed by atoms with Gasteiger partial charge in [0, 0.05) is 0 Å². The Bertz CT molecular complexity index is 503. The Morgan fingerprint density at radius 2 is 1.95 bits per heavy atom. The standard InChI is InChI=1S/C14H17Cl2NO3/c1-8(2)6-11(14(19)20)17-12(18)7-9-4-3-5-10(15)13(9)16/h3-5,8,11H,6-7H2,1-2H3,(H,17,18)(H,19,20)/t11-/m0/s1. The molecule has 1 aromatic rings. The fourth-order valence-corrected chi connectivity index (χ4v) is 2.18. The highest BCUT2D eigenvalue weighted by Crippen LogP contribution is 2.25. The molecular formula is C14H17Cl2NO3. The lowest BCUT2D eigenvalue weighted by molar-refractivity contribution is -0.142. The Balaban J connectivity index is 2.71. The minimum atomic E-state index is -1.04. The predicted octanol–water partition coefficient (Wildman–Crippen LogP) is 3.15. The molecule has 0 aliphatic rings. The third-order valence-electron chi connectivity index (χ3n) is 2.72. The molecular weight excluding hydrogens is 301 g/mol. The largest absolute Gasteiger partial charge is 0.480 e. The van der Waals surface area contributed by atoms with E-state index in [0.717, 1.165) is 0 Å². The van der Waals surface area contributed by atoms with Crippen LogP contribution in [0.1, 0.15) is 25.8 Å². The normalized spacial score (nSPS) is 12.2. The molecule has 0 unspecified atom stereocenters. The first-order valence-electron chi connectivity index (χ1n) is 6.26. The number of carboxylic acids is 1. The third-order valence-corrected chi connectivity index (χ3v) is 3.58. The second-order valence-corrected chi connectivity index (χ2v) is 5.76. The molecule has 0 aromatic heterocycles. The average molecular weight is 318 g/mol. The molecule has 6 heteroatoms. The second kappa shape index (κ2) is 7.50. The Morgan fingerprint density at radius 3 is 2.50 bits per heavy atom. The summed E-state index contributed by atoms with van der Waals surface area (Å²) in [6.07, 6.45) is 0.381. The monoisotopic (exact) mass is 317 g/mol. The van der Waals surface area contributed by atoms with Gasteiger partial charge in [-0.25, -0.2) is 4.79 Å². The maximum atomic E-state index is 11.9. The lowest BCUT2D eigenvalue weighted by Crippen LogP contribution is -2.42. The van der Waals surface area contributed by atoms with Crippen molar-refractivity contribution in [2.24, 2.45) is 5.92 Å². The van der Waals surface area contributed by atoms with Crippen molar-refractivity contribution in [3.8, 4) is 0 Å². The molecule has 0 heterocycles. The minimum Gasteiger partial charge on any atom is -0.480 e. The fraction of sp³-hybridized carbons (Fsp3) is 0.429. The van der Waals surface area contributed by atoms with Crippen molar-refractivity contribution < 1.29 is 14.7 Å². The summed E-state index contributed by atoms with van der Waals surface area (Å²) in [5.41, 5.74) is 0.574.